The van der Waals surface area contributed by atoms with E-state index >= 15 is 0 Å². The zero-order valence-electron chi connectivity index (χ0n) is 19.8. The lowest BCUT2D eigenvalue weighted by Crippen LogP contribution is -2.40. The lowest BCUT2D eigenvalue weighted by atomic mass is 10.0. The van der Waals surface area contributed by atoms with Crippen LogP contribution in [0.25, 0.3) is 10.9 Å². The first kappa shape index (κ1) is 26.4. The number of rotatable bonds is 5. The number of alkyl halides is 3. The Morgan fingerprint density at radius 1 is 1.16 bits per heavy atom. The zero-order chi connectivity index (χ0) is 27.4. The van der Waals surface area contributed by atoms with Crippen LogP contribution in [0.2, 0.25) is 0 Å². The molecule has 3 aromatic rings. The Morgan fingerprint density at radius 2 is 1.84 bits per heavy atom. The van der Waals surface area contributed by atoms with Crippen LogP contribution in [0.3, 0.4) is 0 Å². The molecule has 38 heavy (non-hydrogen) atoms. The average molecular weight is 530 g/mol. The highest BCUT2D eigenvalue weighted by molar-refractivity contribution is 6.06. The molecule has 2 unspecified atom stereocenters. The standard InChI is InChI=1S/C23H20N4O4.C2HF3O2/c1-13-10-15(17-4-2-3-5-18(17)24-13)12-30-16-8-6-14(7-9-16)19-11-20(31-27-19)21-22(28)26-23(29)25-21;3-2(4,5)1(6)7/h2-10,20-21H,11-12H2,1H3,(H2,25,26,28,29);(H,6,7). The number of imide groups is 1. The summed E-state index contributed by atoms with van der Waals surface area (Å²) in [6.45, 7) is 2.41. The number of carboxylic acids is 1. The molecule has 0 radical (unpaired) electrons. The van der Waals surface area contributed by atoms with Crippen molar-refractivity contribution < 1.29 is 42.2 Å². The fourth-order valence-electron chi connectivity index (χ4n) is 3.86. The Bertz CT molecular complexity index is 1410. The quantitative estimate of drug-likeness (QED) is 0.430. The van der Waals surface area contributed by atoms with Crippen LogP contribution in [-0.2, 0) is 21.0 Å². The highest BCUT2D eigenvalue weighted by Crippen LogP contribution is 2.24. The van der Waals surface area contributed by atoms with E-state index in [4.69, 9.17) is 19.5 Å². The van der Waals surface area contributed by atoms with E-state index in [9.17, 15) is 22.8 Å². The summed E-state index contributed by atoms with van der Waals surface area (Å²) >= 11 is 0. The van der Waals surface area contributed by atoms with Crippen molar-refractivity contribution >= 4 is 34.5 Å². The summed E-state index contributed by atoms with van der Waals surface area (Å²) in [5.41, 5.74) is 4.59. The van der Waals surface area contributed by atoms with Gasteiger partial charge in [0.25, 0.3) is 5.91 Å². The van der Waals surface area contributed by atoms with Gasteiger partial charge in [0.05, 0.1) is 11.2 Å². The Kier molecular flexibility index (Phi) is 7.46. The third-order valence-electron chi connectivity index (χ3n) is 5.62. The van der Waals surface area contributed by atoms with Crippen molar-refractivity contribution in [2.45, 2.75) is 38.3 Å². The van der Waals surface area contributed by atoms with Gasteiger partial charge >= 0.3 is 18.2 Å². The summed E-state index contributed by atoms with van der Waals surface area (Å²) in [6.07, 6.45) is -5.17. The number of nitrogens with zero attached hydrogens (tertiary/aromatic N) is 2. The van der Waals surface area contributed by atoms with Crippen molar-refractivity contribution in [1.29, 1.82) is 0 Å². The van der Waals surface area contributed by atoms with Crippen LogP contribution >= 0.6 is 0 Å². The first-order chi connectivity index (χ1) is 18.0. The second kappa shape index (κ2) is 10.7. The molecule has 0 spiro atoms. The van der Waals surface area contributed by atoms with Gasteiger partial charge in [0.1, 0.15) is 18.4 Å². The number of aryl methyl sites for hydroxylation is 1. The van der Waals surface area contributed by atoms with Crippen LogP contribution in [0.15, 0.2) is 59.8 Å². The molecule has 0 aliphatic carbocycles. The smallest absolute Gasteiger partial charge is 0.489 e. The maximum Gasteiger partial charge on any atom is 0.490 e. The number of para-hydroxylation sites is 1. The Morgan fingerprint density at radius 3 is 2.47 bits per heavy atom. The molecule has 5 rings (SSSR count). The van der Waals surface area contributed by atoms with E-state index in [2.05, 4.69) is 20.8 Å². The number of nitrogens with one attached hydrogen (secondary N) is 2. The Balaban J connectivity index is 0.000000426. The topological polar surface area (TPSA) is 139 Å². The molecule has 1 saturated heterocycles. The van der Waals surface area contributed by atoms with Crippen LogP contribution in [0.1, 0.15) is 23.2 Å². The number of ether oxygens (including phenoxy) is 1. The summed E-state index contributed by atoms with van der Waals surface area (Å²) in [5.74, 6) is -2.41. The summed E-state index contributed by atoms with van der Waals surface area (Å²) < 4.78 is 37.7. The molecule has 0 saturated carbocycles. The van der Waals surface area contributed by atoms with Crippen LogP contribution in [0.5, 0.6) is 5.75 Å². The number of carbonyl (C=O) groups is 3. The van der Waals surface area contributed by atoms with Gasteiger partial charge in [-0.25, -0.2) is 9.59 Å². The minimum absolute atomic E-state index is 0.394. The number of hydrogen-bond acceptors (Lipinski definition) is 7. The number of aromatic nitrogens is 1. The number of carboxylic acid groups (broad SMARTS) is 1. The van der Waals surface area contributed by atoms with Gasteiger partial charge in [0, 0.05) is 23.1 Å². The molecule has 2 aromatic carbocycles. The van der Waals surface area contributed by atoms with Gasteiger partial charge in [-0.3, -0.25) is 15.1 Å². The molecule has 10 nitrogen and oxygen atoms in total. The van der Waals surface area contributed by atoms with Crippen molar-refractivity contribution in [3.8, 4) is 5.75 Å². The number of oxime groups is 1. The molecular weight excluding hydrogens is 509 g/mol. The van der Waals surface area contributed by atoms with Gasteiger partial charge in [0.2, 0.25) is 0 Å². The van der Waals surface area contributed by atoms with Gasteiger partial charge in [-0.1, -0.05) is 23.4 Å². The highest BCUT2D eigenvalue weighted by atomic mass is 19.4. The normalized spacial score (nSPS) is 18.6. The van der Waals surface area contributed by atoms with Crippen molar-refractivity contribution in [2.75, 3.05) is 0 Å². The van der Waals surface area contributed by atoms with Crippen LogP contribution in [0.4, 0.5) is 18.0 Å². The molecule has 3 heterocycles. The Hall–Kier alpha value is -4.68. The second-order valence-corrected chi connectivity index (χ2v) is 8.38. The van der Waals surface area contributed by atoms with Gasteiger partial charge in [0.15, 0.2) is 6.10 Å². The largest absolute Gasteiger partial charge is 0.490 e. The highest BCUT2D eigenvalue weighted by Gasteiger charge is 2.41. The summed E-state index contributed by atoms with van der Waals surface area (Å²) in [5, 5.41) is 17.1. The molecule has 13 heteroatoms. The van der Waals surface area contributed by atoms with E-state index in [1.165, 1.54) is 0 Å². The number of benzene rings is 2. The fourth-order valence-corrected chi connectivity index (χ4v) is 3.86. The molecule has 2 aliphatic heterocycles. The molecule has 3 N–H and O–H groups in total. The van der Waals surface area contributed by atoms with Crippen molar-refractivity contribution in [3.63, 3.8) is 0 Å². The third-order valence-corrected chi connectivity index (χ3v) is 5.62. The Labute approximate surface area is 213 Å². The first-order valence-corrected chi connectivity index (χ1v) is 11.2. The first-order valence-electron chi connectivity index (χ1n) is 11.2. The maximum absolute atomic E-state index is 11.8. The van der Waals surface area contributed by atoms with E-state index in [-0.39, 0.29) is 0 Å². The maximum atomic E-state index is 11.8. The molecule has 3 amide bonds. The summed E-state index contributed by atoms with van der Waals surface area (Å²) in [6, 6.07) is 16.4. The lowest BCUT2D eigenvalue weighted by molar-refractivity contribution is -0.192. The molecule has 2 atom stereocenters. The van der Waals surface area contributed by atoms with E-state index < -0.39 is 36.2 Å². The van der Waals surface area contributed by atoms with Crippen molar-refractivity contribution in [2.24, 2.45) is 5.16 Å². The van der Waals surface area contributed by atoms with Gasteiger partial charge in [-0.2, -0.15) is 13.2 Å². The number of halogens is 3. The number of pyridine rings is 1. The second-order valence-electron chi connectivity index (χ2n) is 8.38. The zero-order valence-corrected chi connectivity index (χ0v) is 19.8. The van der Waals surface area contributed by atoms with E-state index in [0.717, 1.165) is 39.2 Å². The van der Waals surface area contributed by atoms with Crippen LogP contribution < -0.4 is 15.4 Å². The molecule has 2 aliphatic rings. The van der Waals surface area contributed by atoms with Gasteiger partial charge in [-0.05, 0) is 48.9 Å². The number of fused-ring (bicyclic) bond motifs is 1. The number of hydrogen-bond donors (Lipinski definition) is 3. The minimum atomic E-state index is -5.08. The SMILES string of the molecule is Cc1cc(COc2ccc(C3=NOC(C4NC(=O)NC4=O)C3)cc2)c2ccccc2n1.O=C(O)C(F)(F)F. The van der Waals surface area contributed by atoms with Crippen molar-refractivity contribution in [1.82, 2.24) is 15.6 Å². The van der Waals surface area contributed by atoms with Gasteiger partial charge < -0.3 is 20.0 Å². The number of urea groups is 1. The summed E-state index contributed by atoms with van der Waals surface area (Å²) in [7, 11) is 0. The minimum Gasteiger partial charge on any atom is -0.489 e. The van der Waals surface area contributed by atoms with Crippen molar-refractivity contribution in [3.05, 3.63) is 71.4 Å². The fraction of sp³-hybridized carbons (Fsp3) is 0.240. The van der Waals surface area contributed by atoms with E-state index in [0.29, 0.717) is 13.0 Å². The van der Waals surface area contributed by atoms with Gasteiger partial charge in [-0.15, -0.1) is 0 Å². The monoisotopic (exact) mass is 530 g/mol. The number of carbonyl (C=O) groups excluding carboxylic acids is 2. The number of aliphatic carboxylic acids is 1. The average Bonchev–Trinajstić information content (AvgIpc) is 3.48. The molecule has 0 bridgehead atoms. The third kappa shape index (κ3) is 6.17. The molecular formula is C25H21F3N4O6. The molecule has 198 valence electrons. The number of amides is 3. The van der Waals surface area contributed by atoms with E-state index in [1.807, 2.05) is 61.5 Å². The predicted molar refractivity (Wildman–Crippen MR) is 127 cm³/mol. The van der Waals surface area contributed by atoms with Crippen LogP contribution in [-0.4, -0.2) is 52.0 Å². The summed E-state index contributed by atoms with van der Waals surface area (Å²) in [4.78, 5) is 42.0. The lowest BCUT2D eigenvalue weighted by Gasteiger charge is -2.13. The molecule has 1 fully saturated rings. The van der Waals surface area contributed by atoms with Crippen LogP contribution in [0, 0.1) is 6.92 Å². The molecule has 1 aromatic heterocycles. The predicted octanol–water partition coefficient (Wildman–Crippen LogP) is 3.46. The van der Waals surface area contributed by atoms with E-state index in [1.54, 1.807) is 0 Å².